The summed E-state index contributed by atoms with van der Waals surface area (Å²) < 4.78 is 11.5. The van der Waals surface area contributed by atoms with Gasteiger partial charge in [0.15, 0.2) is 5.75 Å². The van der Waals surface area contributed by atoms with Gasteiger partial charge in [-0.25, -0.2) is 9.97 Å². The van der Waals surface area contributed by atoms with Crippen LogP contribution >= 0.6 is 11.6 Å². The van der Waals surface area contributed by atoms with Gasteiger partial charge in [0.1, 0.15) is 24.5 Å². The number of ether oxygens (including phenoxy) is 2. The Kier molecular flexibility index (Phi) is 8.50. The van der Waals surface area contributed by atoms with Gasteiger partial charge in [0.05, 0.1) is 34.4 Å². The molecule has 200 valence electrons. The predicted molar refractivity (Wildman–Crippen MR) is 153 cm³/mol. The number of nitrogens with one attached hydrogen (secondary N) is 2. The zero-order valence-corrected chi connectivity index (χ0v) is 22.3. The fraction of sp³-hybridized carbons (Fsp3) is 0.241. The molecule has 5 rings (SSSR count). The molecule has 9 nitrogen and oxygen atoms in total. The van der Waals surface area contributed by atoms with E-state index in [1.54, 1.807) is 37.6 Å². The first-order valence-corrected chi connectivity index (χ1v) is 13.1. The van der Waals surface area contributed by atoms with E-state index < -0.39 is 0 Å². The predicted octanol–water partition coefficient (Wildman–Crippen LogP) is 5.60. The molecular weight excluding hydrogens is 516 g/mol. The van der Waals surface area contributed by atoms with Gasteiger partial charge in [0.25, 0.3) is 0 Å². The second kappa shape index (κ2) is 12.6. The van der Waals surface area contributed by atoms with E-state index in [4.69, 9.17) is 21.1 Å². The minimum absolute atomic E-state index is 0.230. The van der Waals surface area contributed by atoms with E-state index >= 15 is 0 Å². The highest BCUT2D eigenvalue weighted by Crippen LogP contribution is 2.38. The first-order chi connectivity index (χ1) is 19.1. The van der Waals surface area contributed by atoms with Crippen LogP contribution in [-0.2, 0) is 11.4 Å². The van der Waals surface area contributed by atoms with Crippen molar-refractivity contribution in [3.8, 4) is 11.5 Å². The number of nitrogens with zero attached hydrogens (tertiary/aromatic N) is 4. The Morgan fingerprint density at radius 2 is 1.97 bits per heavy atom. The number of carbonyl (C=O) groups excluding carboxylic acids is 1. The average molecular weight is 545 g/mol. The number of rotatable bonds is 10. The molecule has 2 aromatic heterocycles. The summed E-state index contributed by atoms with van der Waals surface area (Å²) in [7, 11) is 1.55. The van der Waals surface area contributed by atoms with E-state index in [-0.39, 0.29) is 5.91 Å². The summed E-state index contributed by atoms with van der Waals surface area (Å²) in [6.45, 7) is 3.22. The van der Waals surface area contributed by atoms with Crippen molar-refractivity contribution >= 4 is 45.6 Å². The Hall–Kier alpha value is -4.21. The summed E-state index contributed by atoms with van der Waals surface area (Å²) >= 11 is 6.50. The maximum absolute atomic E-state index is 12.6. The number of anilines is 3. The number of pyridine rings is 1. The van der Waals surface area contributed by atoms with E-state index in [9.17, 15) is 4.79 Å². The van der Waals surface area contributed by atoms with Crippen molar-refractivity contribution in [2.24, 2.45) is 0 Å². The van der Waals surface area contributed by atoms with Crippen LogP contribution in [-0.4, -0.2) is 52.5 Å². The first kappa shape index (κ1) is 26.4. The molecule has 0 unspecified atom stereocenters. The molecule has 3 heterocycles. The molecule has 1 amide bonds. The maximum atomic E-state index is 12.6. The van der Waals surface area contributed by atoms with Gasteiger partial charge in [-0.2, -0.15) is 0 Å². The van der Waals surface area contributed by atoms with Gasteiger partial charge in [-0.15, -0.1) is 0 Å². The van der Waals surface area contributed by atoms with Gasteiger partial charge in [0, 0.05) is 24.5 Å². The van der Waals surface area contributed by atoms with Crippen LogP contribution in [0.25, 0.3) is 10.9 Å². The van der Waals surface area contributed by atoms with Gasteiger partial charge in [-0.3, -0.25) is 14.7 Å². The fourth-order valence-corrected chi connectivity index (χ4v) is 4.68. The maximum Gasteiger partial charge on any atom is 0.248 e. The molecule has 0 spiro atoms. The van der Waals surface area contributed by atoms with E-state index in [1.165, 1.54) is 19.2 Å². The van der Waals surface area contributed by atoms with Crippen LogP contribution in [0.15, 0.2) is 73.2 Å². The zero-order valence-electron chi connectivity index (χ0n) is 21.6. The van der Waals surface area contributed by atoms with Crippen LogP contribution in [0.5, 0.6) is 11.5 Å². The third kappa shape index (κ3) is 6.63. The van der Waals surface area contributed by atoms with Gasteiger partial charge < -0.3 is 20.1 Å². The Labute approximate surface area is 231 Å². The number of benzene rings is 2. The summed E-state index contributed by atoms with van der Waals surface area (Å²) in [5.41, 5.74) is 2.69. The lowest BCUT2D eigenvalue weighted by Gasteiger charge is -2.15. The largest absolute Gasteiger partial charge is 0.494 e. The number of amides is 1. The smallest absolute Gasteiger partial charge is 0.248 e. The normalized spacial score (nSPS) is 13.6. The average Bonchev–Trinajstić information content (AvgIpc) is 3.47. The third-order valence-corrected chi connectivity index (χ3v) is 6.64. The second-order valence-corrected chi connectivity index (χ2v) is 9.45. The molecule has 0 atom stereocenters. The van der Waals surface area contributed by atoms with Crippen LogP contribution in [0, 0.1) is 0 Å². The first-order valence-electron chi connectivity index (χ1n) is 12.7. The molecule has 1 fully saturated rings. The molecule has 2 N–H and O–H groups in total. The van der Waals surface area contributed by atoms with Crippen molar-refractivity contribution < 1.29 is 14.3 Å². The lowest BCUT2D eigenvalue weighted by Crippen LogP contribution is -2.19. The van der Waals surface area contributed by atoms with Crippen molar-refractivity contribution in [2.45, 2.75) is 19.4 Å². The van der Waals surface area contributed by atoms with Crippen LogP contribution < -0.4 is 20.1 Å². The molecule has 39 heavy (non-hydrogen) atoms. The summed E-state index contributed by atoms with van der Waals surface area (Å²) in [5, 5.41) is 7.28. The number of aromatic nitrogens is 3. The Bertz CT molecular complexity index is 1480. The molecule has 0 saturated carbocycles. The molecule has 0 bridgehead atoms. The summed E-state index contributed by atoms with van der Waals surface area (Å²) in [4.78, 5) is 28.0. The highest BCUT2D eigenvalue weighted by molar-refractivity contribution is 6.32. The second-order valence-electron chi connectivity index (χ2n) is 9.04. The van der Waals surface area contributed by atoms with E-state index in [0.29, 0.717) is 51.2 Å². The highest BCUT2D eigenvalue weighted by Gasteiger charge is 2.16. The van der Waals surface area contributed by atoms with E-state index in [1.807, 2.05) is 36.4 Å². The van der Waals surface area contributed by atoms with Crippen LogP contribution in [0.3, 0.4) is 0 Å². The highest BCUT2D eigenvalue weighted by atomic mass is 35.5. The standard InChI is InChI=1S/C29H29ClN6O3/c1-38-28-24(35-26(37)8-6-16-36-14-4-5-15-36)11-10-23-27(28)29(33-19-32-23)34-20-9-12-25(22(30)17-20)39-18-21-7-2-3-13-31-21/h2-3,6-13,17,19H,4-5,14-16,18H2,1H3,(H,35,37)(H,32,33,34)/b8-6+. The SMILES string of the molecule is COc1c(NC(=O)/C=C/CN2CCCC2)ccc2ncnc(Nc3ccc(OCc4ccccn4)c(Cl)c3)c12. The Morgan fingerprint density at radius 3 is 2.74 bits per heavy atom. The Morgan fingerprint density at radius 1 is 1.10 bits per heavy atom. The number of likely N-dealkylation sites (tertiary alicyclic amines) is 1. The number of hydrogen-bond donors (Lipinski definition) is 2. The van der Waals surface area contributed by atoms with Crippen molar-refractivity contribution in [1.82, 2.24) is 19.9 Å². The van der Waals surface area contributed by atoms with Crippen molar-refractivity contribution in [3.05, 3.63) is 83.9 Å². The Balaban J connectivity index is 1.33. The molecular formula is C29H29ClN6O3. The van der Waals surface area contributed by atoms with Crippen molar-refractivity contribution in [3.63, 3.8) is 0 Å². The topological polar surface area (TPSA) is 102 Å². The third-order valence-electron chi connectivity index (χ3n) is 6.35. The molecule has 4 aromatic rings. The van der Waals surface area contributed by atoms with Crippen molar-refractivity contribution in [1.29, 1.82) is 0 Å². The summed E-state index contributed by atoms with van der Waals surface area (Å²) in [5.74, 6) is 1.28. The molecule has 1 aliphatic heterocycles. The van der Waals surface area contributed by atoms with E-state index in [2.05, 4.69) is 30.5 Å². The van der Waals surface area contributed by atoms with Crippen molar-refractivity contribution in [2.75, 3.05) is 37.4 Å². The quantitative estimate of drug-likeness (QED) is 0.249. The van der Waals surface area contributed by atoms with Gasteiger partial charge in [-0.1, -0.05) is 23.7 Å². The van der Waals surface area contributed by atoms with E-state index in [0.717, 1.165) is 25.3 Å². The van der Waals surface area contributed by atoms with Gasteiger partial charge in [-0.05, 0) is 68.4 Å². The molecule has 10 heteroatoms. The number of carbonyl (C=O) groups is 1. The number of hydrogen-bond acceptors (Lipinski definition) is 8. The molecule has 1 aliphatic rings. The number of fused-ring (bicyclic) bond motifs is 1. The molecule has 0 radical (unpaired) electrons. The summed E-state index contributed by atoms with van der Waals surface area (Å²) in [6, 6.07) is 14.6. The number of halogens is 1. The monoisotopic (exact) mass is 544 g/mol. The minimum Gasteiger partial charge on any atom is -0.494 e. The minimum atomic E-state index is -0.230. The molecule has 1 saturated heterocycles. The van der Waals surface area contributed by atoms with Crippen LogP contribution in [0.4, 0.5) is 17.2 Å². The van der Waals surface area contributed by atoms with Crippen LogP contribution in [0.1, 0.15) is 18.5 Å². The molecule has 0 aliphatic carbocycles. The lowest BCUT2D eigenvalue weighted by molar-refractivity contribution is -0.111. The molecule has 2 aromatic carbocycles. The summed E-state index contributed by atoms with van der Waals surface area (Å²) in [6.07, 6.45) is 9.05. The lowest BCUT2D eigenvalue weighted by atomic mass is 10.1. The van der Waals surface area contributed by atoms with Crippen LogP contribution in [0.2, 0.25) is 5.02 Å². The fourth-order valence-electron chi connectivity index (χ4n) is 4.44. The van der Waals surface area contributed by atoms with Gasteiger partial charge >= 0.3 is 0 Å². The van der Waals surface area contributed by atoms with Gasteiger partial charge in [0.2, 0.25) is 5.91 Å². The zero-order chi connectivity index (χ0) is 27.0. The number of methoxy groups -OCH3 is 1.